The minimum Gasteiger partial charge on any atom is -0.480 e. The SMILES string of the molecule is CC(C)CC(NC(=O)C(CC(N)=O)NC(=O)C(CCC(N)=O)NC(=O)C(N)CC(N)=O)C(=O)O. The fraction of sp³-hybridized carbons (Fsp3) is 0.632. The van der Waals surface area contributed by atoms with Gasteiger partial charge in [0.1, 0.15) is 18.1 Å². The Morgan fingerprint density at radius 3 is 1.62 bits per heavy atom. The molecule has 4 atom stereocenters. The van der Waals surface area contributed by atoms with Crippen molar-refractivity contribution in [3.05, 3.63) is 0 Å². The van der Waals surface area contributed by atoms with E-state index in [-0.39, 0.29) is 25.2 Å². The molecule has 12 N–H and O–H groups in total. The highest BCUT2D eigenvalue weighted by molar-refractivity contribution is 5.96. The van der Waals surface area contributed by atoms with Crippen LogP contribution < -0.4 is 38.9 Å². The van der Waals surface area contributed by atoms with Crippen molar-refractivity contribution in [3.8, 4) is 0 Å². The third kappa shape index (κ3) is 12.3. The number of primary amides is 3. The highest BCUT2D eigenvalue weighted by Crippen LogP contribution is 2.07. The van der Waals surface area contributed by atoms with Gasteiger partial charge in [-0.3, -0.25) is 28.8 Å². The van der Waals surface area contributed by atoms with Crippen molar-refractivity contribution in [2.75, 3.05) is 0 Å². The van der Waals surface area contributed by atoms with Gasteiger partial charge in [0, 0.05) is 6.42 Å². The molecule has 15 heteroatoms. The van der Waals surface area contributed by atoms with E-state index in [9.17, 15) is 38.7 Å². The number of carboxylic acid groups (broad SMARTS) is 1. The Hall–Kier alpha value is -3.75. The Morgan fingerprint density at radius 1 is 0.706 bits per heavy atom. The molecule has 192 valence electrons. The van der Waals surface area contributed by atoms with Gasteiger partial charge in [0.15, 0.2) is 0 Å². The molecule has 0 aromatic heterocycles. The van der Waals surface area contributed by atoms with E-state index in [1.54, 1.807) is 13.8 Å². The van der Waals surface area contributed by atoms with Gasteiger partial charge in [0.25, 0.3) is 0 Å². The van der Waals surface area contributed by atoms with Crippen molar-refractivity contribution in [2.24, 2.45) is 28.9 Å². The van der Waals surface area contributed by atoms with E-state index in [2.05, 4.69) is 16.0 Å². The minimum absolute atomic E-state index is 0.0767. The summed E-state index contributed by atoms with van der Waals surface area (Å²) in [6.07, 6.45) is -1.76. The molecule has 0 aliphatic rings. The zero-order chi connectivity index (χ0) is 26.6. The maximum Gasteiger partial charge on any atom is 0.326 e. The molecule has 0 aromatic carbocycles. The van der Waals surface area contributed by atoms with E-state index in [1.807, 2.05) is 0 Å². The van der Waals surface area contributed by atoms with Gasteiger partial charge >= 0.3 is 5.97 Å². The van der Waals surface area contributed by atoms with Crippen molar-refractivity contribution >= 4 is 41.4 Å². The van der Waals surface area contributed by atoms with Crippen LogP contribution in [-0.4, -0.2) is 70.7 Å². The van der Waals surface area contributed by atoms with Crippen molar-refractivity contribution in [1.29, 1.82) is 0 Å². The van der Waals surface area contributed by atoms with Gasteiger partial charge < -0.3 is 44.0 Å². The maximum absolute atomic E-state index is 12.8. The fourth-order valence-corrected chi connectivity index (χ4v) is 2.79. The molecule has 0 aliphatic carbocycles. The topological polar surface area (TPSA) is 280 Å². The first kappa shape index (κ1) is 30.2. The molecule has 6 amide bonds. The van der Waals surface area contributed by atoms with Gasteiger partial charge in [0.05, 0.1) is 18.9 Å². The van der Waals surface area contributed by atoms with Crippen molar-refractivity contribution < 1.29 is 38.7 Å². The Balaban J connectivity index is 5.60. The summed E-state index contributed by atoms with van der Waals surface area (Å²) in [7, 11) is 0. The first-order valence-electron chi connectivity index (χ1n) is 10.4. The summed E-state index contributed by atoms with van der Waals surface area (Å²) < 4.78 is 0. The summed E-state index contributed by atoms with van der Waals surface area (Å²) in [6, 6.07) is -5.70. The standard InChI is InChI=1S/C19H33N7O8/c1-8(2)5-12(19(33)34)26-18(32)11(7-15(23)29)25-17(31)10(3-4-13(21)27)24-16(30)9(20)6-14(22)28/h8-12H,3-7,20H2,1-2H3,(H2,21,27)(H2,22,28)(H2,23,29)(H,24,30)(H,25,31)(H,26,32)(H,33,34). The Labute approximate surface area is 195 Å². The van der Waals surface area contributed by atoms with Crippen LogP contribution in [0.1, 0.15) is 46.0 Å². The van der Waals surface area contributed by atoms with Crippen LogP contribution in [-0.2, 0) is 33.6 Å². The monoisotopic (exact) mass is 487 g/mol. The van der Waals surface area contributed by atoms with Crippen LogP contribution in [0.3, 0.4) is 0 Å². The average Bonchev–Trinajstić information content (AvgIpc) is 2.68. The van der Waals surface area contributed by atoms with Crippen molar-refractivity contribution in [2.45, 2.75) is 70.1 Å². The molecule has 4 unspecified atom stereocenters. The van der Waals surface area contributed by atoms with Gasteiger partial charge in [-0.15, -0.1) is 0 Å². The first-order chi connectivity index (χ1) is 15.6. The summed E-state index contributed by atoms with van der Waals surface area (Å²) in [6.45, 7) is 3.47. The number of hydrogen-bond acceptors (Lipinski definition) is 8. The normalized spacial score (nSPS) is 14.2. The van der Waals surface area contributed by atoms with Crippen LogP contribution >= 0.6 is 0 Å². The number of amides is 6. The molecule has 0 fully saturated rings. The molecular weight excluding hydrogens is 454 g/mol. The Morgan fingerprint density at radius 2 is 1.18 bits per heavy atom. The molecule has 0 aromatic rings. The van der Waals surface area contributed by atoms with Gasteiger partial charge in [-0.1, -0.05) is 13.8 Å². The highest BCUT2D eigenvalue weighted by Gasteiger charge is 2.31. The lowest BCUT2D eigenvalue weighted by Crippen LogP contribution is -2.58. The number of hydrogen-bond donors (Lipinski definition) is 8. The molecule has 0 rings (SSSR count). The molecule has 0 saturated heterocycles. The number of carbonyl (C=O) groups excluding carboxylic acids is 6. The molecule has 0 heterocycles. The molecule has 34 heavy (non-hydrogen) atoms. The Bertz CT molecular complexity index is 802. The van der Waals surface area contributed by atoms with Crippen molar-refractivity contribution in [3.63, 3.8) is 0 Å². The van der Waals surface area contributed by atoms with Crippen LogP contribution in [0.5, 0.6) is 0 Å². The first-order valence-corrected chi connectivity index (χ1v) is 10.4. The van der Waals surface area contributed by atoms with Crippen LogP contribution in [0.2, 0.25) is 0 Å². The van der Waals surface area contributed by atoms with Crippen molar-refractivity contribution in [1.82, 2.24) is 16.0 Å². The molecule has 0 radical (unpaired) electrons. The molecular formula is C19H33N7O8. The number of aliphatic carboxylic acids is 1. The zero-order valence-electron chi connectivity index (χ0n) is 19.0. The molecule has 0 saturated carbocycles. The van der Waals surface area contributed by atoms with E-state index in [1.165, 1.54) is 0 Å². The highest BCUT2D eigenvalue weighted by atomic mass is 16.4. The lowest BCUT2D eigenvalue weighted by Gasteiger charge is -2.25. The number of rotatable bonds is 16. The number of carboxylic acids is 1. The Kier molecular flexibility index (Phi) is 12.8. The van der Waals surface area contributed by atoms with E-state index in [4.69, 9.17) is 22.9 Å². The fourth-order valence-electron chi connectivity index (χ4n) is 2.79. The van der Waals surface area contributed by atoms with Crippen LogP contribution in [0.25, 0.3) is 0 Å². The van der Waals surface area contributed by atoms with Gasteiger partial charge in [-0.25, -0.2) is 4.79 Å². The third-order valence-electron chi connectivity index (χ3n) is 4.43. The smallest absolute Gasteiger partial charge is 0.326 e. The molecule has 15 nitrogen and oxygen atoms in total. The summed E-state index contributed by atoms with van der Waals surface area (Å²) in [5.41, 5.74) is 20.8. The second-order valence-corrected chi connectivity index (χ2v) is 8.10. The summed E-state index contributed by atoms with van der Waals surface area (Å²) in [5.74, 6) is -6.99. The van der Waals surface area contributed by atoms with Gasteiger partial charge in [-0.2, -0.15) is 0 Å². The van der Waals surface area contributed by atoms with Crippen LogP contribution in [0, 0.1) is 5.92 Å². The third-order valence-corrected chi connectivity index (χ3v) is 4.43. The van der Waals surface area contributed by atoms with E-state index < -0.39 is 78.4 Å². The van der Waals surface area contributed by atoms with E-state index in [0.29, 0.717) is 0 Å². The minimum atomic E-state index is -1.58. The second-order valence-electron chi connectivity index (χ2n) is 8.10. The lowest BCUT2D eigenvalue weighted by molar-refractivity contribution is -0.143. The quantitative estimate of drug-likeness (QED) is 0.105. The van der Waals surface area contributed by atoms with Crippen LogP contribution in [0.4, 0.5) is 0 Å². The lowest BCUT2D eigenvalue weighted by atomic mass is 10.0. The second kappa shape index (κ2) is 14.4. The average molecular weight is 488 g/mol. The number of carbonyl (C=O) groups is 7. The van der Waals surface area contributed by atoms with Gasteiger partial charge in [-0.05, 0) is 18.8 Å². The van der Waals surface area contributed by atoms with Crippen LogP contribution in [0.15, 0.2) is 0 Å². The largest absolute Gasteiger partial charge is 0.480 e. The summed E-state index contributed by atoms with van der Waals surface area (Å²) in [5, 5.41) is 16.0. The maximum atomic E-state index is 12.8. The predicted octanol–water partition coefficient (Wildman–Crippen LogP) is -4.08. The predicted molar refractivity (Wildman–Crippen MR) is 117 cm³/mol. The molecule has 0 aliphatic heterocycles. The number of nitrogens with one attached hydrogen (secondary N) is 3. The van der Waals surface area contributed by atoms with E-state index >= 15 is 0 Å². The summed E-state index contributed by atoms with van der Waals surface area (Å²) in [4.78, 5) is 82.6. The molecule has 0 bridgehead atoms. The van der Waals surface area contributed by atoms with E-state index in [0.717, 1.165) is 0 Å². The zero-order valence-corrected chi connectivity index (χ0v) is 19.0. The van der Waals surface area contributed by atoms with Gasteiger partial charge in [0.2, 0.25) is 35.4 Å². The summed E-state index contributed by atoms with van der Waals surface area (Å²) >= 11 is 0. The molecule has 0 spiro atoms. The number of nitrogens with two attached hydrogens (primary N) is 4.